The molecule has 0 heterocycles. The number of carboxylic acids is 1. The van der Waals surface area contributed by atoms with Crippen molar-refractivity contribution in [3.63, 3.8) is 0 Å². The zero-order chi connectivity index (χ0) is 4.99. The van der Waals surface area contributed by atoms with E-state index in [1.165, 1.54) is 0 Å². The summed E-state index contributed by atoms with van der Waals surface area (Å²) >= 11 is 1.06. The Morgan fingerprint density at radius 2 is 2.33 bits per heavy atom. The van der Waals surface area contributed by atoms with Crippen LogP contribution >= 0.6 is 0 Å². The van der Waals surface area contributed by atoms with Crippen LogP contribution in [0.3, 0.4) is 0 Å². The van der Waals surface area contributed by atoms with Gasteiger partial charge in [0, 0.05) is 0 Å². The van der Waals surface area contributed by atoms with Gasteiger partial charge < -0.3 is 0 Å². The molecule has 0 aliphatic heterocycles. The molecular weight excluding hydrogens is 187 g/mol. The molecule has 2 radical (unpaired) electrons. The minimum atomic E-state index is -0.678. The molecule has 0 spiro atoms. The molecule has 2 nitrogen and oxygen atoms in total. The summed E-state index contributed by atoms with van der Waals surface area (Å²) in [7, 11) is 0. The third kappa shape index (κ3) is 4.27. The first-order chi connectivity index (χ1) is 2.77. The predicted octanol–water partition coefficient (Wildman–Crippen LogP) is -0.220. The quantitative estimate of drug-likeness (QED) is 0.615. The third-order valence-corrected chi connectivity index (χ3v) is 1.18. The van der Waals surface area contributed by atoms with Gasteiger partial charge in [-0.15, -0.1) is 0 Å². The third-order valence-electron chi connectivity index (χ3n) is 0.358. The van der Waals surface area contributed by atoms with E-state index in [4.69, 9.17) is 5.11 Å². The second-order valence-corrected chi connectivity index (χ2v) is 2.58. The van der Waals surface area contributed by atoms with E-state index in [1.54, 1.807) is 0 Å². The summed E-state index contributed by atoms with van der Waals surface area (Å²) in [6.07, 6.45) is 0.349. The van der Waals surface area contributed by atoms with E-state index in [0.717, 1.165) is 27.0 Å². The summed E-state index contributed by atoms with van der Waals surface area (Å²) in [6.45, 7) is 0. The number of carbonyl (C=O) groups is 1. The van der Waals surface area contributed by atoms with Crippen molar-refractivity contribution in [2.24, 2.45) is 0 Å². The van der Waals surface area contributed by atoms with Crippen LogP contribution < -0.4 is 0 Å². The zero-order valence-electron chi connectivity index (χ0n) is 3.35. The van der Waals surface area contributed by atoms with Crippen molar-refractivity contribution < 1.29 is 9.90 Å². The van der Waals surface area contributed by atoms with Crippen molar-refractivity contribution >= 4 is 28.5 Å². The first kappa shape index (κ1) is 6.27. The van der Waals surface area contributed by atoms with Crippen LogP contribution in [0.5, 0.6) is 0 Å². The predicted molar refractivity (Wildman–Crippen MR) is 24.2 cm³/mol. The summed E-state index contributed by atoms with van der Waals surface area (Å²) < 4.78 is 0.861. The van der Waals surface area contributed by atoms with Crippen molar-refractivity contribution in [2.75, 3.05) is 0 Å². The van der Waals surface area contributed by atoms with Gasteiger partial charge >= 0.3 is 49.3 Å². The number of hydrogen-bond acceptors (Lipinski definition) is 1. The monoisotopic (exact) mass is 194 g/mol. The van der Waals surface area contributed by atoms with Gasteiger partial charge in [-0.25, -0.2) is 0 Å². The Balaban J connectivity index is 2.83. The van der Waals surface area contributed by atoms with Gasteiger partial charge in [0.15, 0.2) is 0 Å². The fraction of sp³-hybridized carbons (Fsp3) is 0.667. The summed E-state index contributed by atoms with van der Waals surface area (Å²) in [5.74, 6) is -0.678. The van der Waals surface area contributed by atoms with E-state index in [0.29, 0.717) is 6.42 Å². The normalized spacial score (nSPS) is 8.17. The zero-order valence-corrected chi connectivity index (χ0v) is 6.64. The number of hydrogen-bond donors (Lipinski definition) is 1. The summed E-state index contributed by atoms with van der Waals surface area (Å²) in [5.41, 5.74) is 0. The van der Waals surface area contributed by atoms with E-state index < -0.39 is 5.97 Å². The summed E-state index contributed by atoms with van der Waals surface area (Å²) in [6, 6.07) is 0. The molecule has 0 saturated heterocycles. The molecule has 0 bridgehead atoms. The van der Waals surface area contributed by atoms with E-state index in [-0.39, 0.29) is 0 Å². The van der Waals surface area contributed by atoms with Crippen LogP contribution in [0.15, 0.2) is 0 Å². The van der Waals surface area contributed by atoms with Crippen LogP contribution in [0, 0.1) is 0 Å². The molecule has 0 aliphatic carbocycles. The van der Waals surface area contributed by atoms with Gasteiger partial charge in [-0.2, -0.15) is 0 Å². The number of aliphatic carboxylic acids is 1. The maximum atomic E-state index is 9.62. The Morgan fingerprint density at radius 1 is 1.83 bits per heavy atom. The van der Waals surface area contributed by atoms with E-state index in [1.807, 2.05) is 0 Å². The molecule has 0 saturated carbocycles. The molecule has 0 aromatic heterocycles. The molecule has 1 N–H and O–H groups in total. The fourth-order valence-electron chi connectivity index (χ4n) is 0.123. The van der Waals surface area contributed by atoms with Crippen LogP contribution in [-0.2, 0) is 4.79 Å². The SMILES string of the molecule is O=C(O)C[CH2][SnH]. The molecular formula is C3H6O2Sn. The standard InChI is InChI=1S/C3H5O2.Sn.H/c1-2-3(4)5;;/h1-2H2,(H,4,5);;. The second kappa shape index (κ2) is 3.46. The van der Waals surface area contributed by atoms with Crippen LogP contribution in [0.25, 0.3) is 0 Å². The Bertz CT molecular complexity index is 52.8. The van der Waals surface area contributed by atoms with Crippen molar-refractivity contribution in [3.05, 3.63) is 0 Å². The molecule has 0 amide bonds. The van der Waals surface area contributed by atoms with Gasteiger partial charge in [0.2, 0.25) is 0 Å². The fourth-order valence-corrected chi connectivity index (χ4v) is 0.828. The number of carboxylic acid groups (broad SMARTS) is 1. The van der Waals surface area contributed by atoms with Crippen molar-refractivity contribution in [1.82, 2.24) is 0 Å². The number of rotatable bonds is 2. The Labute approximate surface area is 49.6 Å². The molecule has 3 heteroatoms. The summed E-state index contributed by atoms with van der Waals surface area (Å²) in [4.78, 5) is 9.62. The Kier molecular flexibility index (Phi) is 3.61. The van der Waals surface area contributed by atoms with Gasteiger partial charge in [0.05, 0.1) is 0 Å². The van der Waals surface area contributed by atoms with E-state index >= 15 is 0 Å². The van der Waals surface area contributed by atoms with Crippen molar-refractivity contribution in [1.29, 1.82) is 0 Å². The average Bonchev–Trinajstić information content (AvgIpc) is 1.35. The van der Waals surface area contributed by atoms with Crippen molar-refractivity contribution in [3.8, 4) is 0 Å². The average molecular weight is 193 g/mol. The van der Waals surface area contributed by atoms with Gasteiger partial charge in [-0.05, 0) is 0 Å². The minimum absolute atomic E-state index is 0.349. The molecule has 0 aromatic carbocycles. The topological polar surface area (TPSA) is 37.3 Å². The molecule has 6 heavy (non-hydrogen) atoms. The molecule has 0 unspecified atom stereocenters. The molecule has 0 aromatic rings. The van der Waals surface area contributed by atoms with Gasteiger partial charge in [0.1, 0.15) is 0 Å². The molecule has 0 rings (SSSR count). The first-order valence-electron chi connectivity index (χ1n) is 1.69. The molecule has 0 aliphatic rings. The van der Waals surface area contributed by atoms with Crippen LogP contribution in [0.2, 0.25) is 4.44 Å². The van der Waals surface area contributed by atoms with Gasteiger partial charge in [-0.1, -0.05) is 0 Å². The van der Waals surface area contributed by atoms with Crippen molar-refractivity contribution in [2.45, 2.75) is 10.9 Å². The molecule has 0 atom stereocenters. The Hall–Kier alpha value is 0.269. The summed E-state index contributed by atoms with van der Waals surface area (Å²) in [5, 5.41) is 7.93. The van der Waals surface area contributed by atoms with Crippen LogP contribution in [0.4, 0.5) is 0 Å². The molecule has 0 fully saturated rings. The molecule has 34 valence electrons. The Morgan fingerprint density at radius 3 is 2.33 bits per heavy atom. The first-order valence-corrected chi connectivity index (χ1v) is 4.02. The van der Waals surface area contributed by atoms with E-state index in [2.05, 4.69) is 0 Å². The second-order valence-electron chi connectivity index (χ2n) is 0.932. The van der Waals surface area contributed by atoms with Gasteiger partial charge in [-0.3, -0.25) is 0 Å². The maximum absolute atomic E-state index is 9.62. The van der Waals surface area contributed by atoms with Crippen LogP contribution in [-0.4, -0.2) is 33.6 Å². The van der Waals surface area contributed by atoms with E-state index in [9.17, 15) is 4.79 Å². The van der Waals surface area contributed by atoms with Gasteiger partial charge in [0.25, 0.3) is 0 Å². The van der Waals surface area contributed by atoms with Crippen LogP contribution in [0.1, 0.15) is 6.42 Å².